The lowest BCUT2D eigenvalue weighted by molar-refractivity contribution is -0.141. The van der Waals surface area contributed by atoms with Crippen molar-refractivity contribution in [3.63, 3.8) is 0 Å². The van der Waals surface area contributed by atoms with Crippen LogP contribution in [0.2, 0.25) is 0 Å². The van der Waals surface area contributed by atoms with E-state index in [2.05, 4.69) is 0 Å². The average Bonchev–Trinajstić information content (AvgIpc) is 2.16. The number of hydrogen-bond donors (Lipinski definition) is 2. The Balaban J connectivity index is 2.67. The van der Waals surface area contributed by atoms with Crippen LogP contribution in [-0.4, -0.2) is 17.6 Å². The lowest BCUT2D eigenvalue weighted by Crippen LogP contribution is -2.25. The van der Waals surface area contributed by atoms with Crippen LogP contribution in [0.1, 0.15) is 5.56 Å². The van der Waals surface area contributed by atoms with E-state index in [4.69, 9.17) is 10.8 Å². The van der Waals surface area contributed by atoms with Gasteiger partial charge in [0.2, 0.25) is 0 Å². The molecule has 1 aromatic carbocycles. The molecule has 1 atom stereocenters. The predicted molar refractivity (Wildman–Crippen MR) is 50.3 cm³/mol. The van der Waals surface area contributed by atoms with Crippen molar-refractivity contribution < 1.29 is 14.3 Å². The van der Waals surface area contributed by atoms with Crippen LogP contribution in [0.25, 0.3) is 0 Å². The second kappa shape index (κ2) is 4.72. The zero-order valence-corrected chi connectivity index (χ0v) is 7.61. The standard InChI is InChI=1S/C10H12FNO2/c11-9-3-1-7(2-4-9)5-8(6-12)10(13)14/h1-4,8H,5-6,12H2,(H,13,14). The van der Waals surface area contributed by atoms with Gasteiger partial charge in [0, 0.05) is 6.54 Å². The number of carbonyl (C=O) groups is 1. The number of hydrogen-bond acceptors (Lipinski definition) is 2. The molecule has 0 fully saturated rings. The summed E-state index contributed by atoms with van der Waals surface area (Å²) in [5.74, 6) is -1.84. The number of carboxylic acids is 1. The van der Waals surface area contributed by atoms with Crippen molar-refractivity contribution in [2.75, 3.05) is 6.54 Å². The lowest BCUT2D eigenvalue weighted by Gasteiger charge is -2.08. The smallest absolute Gasteiger partial charge is 0.308 e. The lowest BCUT2D eigenvalue weighted by atomic mass is 10.00. The maximum atomic E-state index is 12.5. The summed E-state index contributed by atoms with van der Waals surface area (Å²) in [5.41, 5.74) is 6.08. The van der Waals surface area contributed by atoms with Crippen molar-refractivity contribution in [2.45, 2.75) is 6.42 Å². The van der Waals surface area contributed by atoms with E-state index in [1.165, 1.54) is 12.1 Å². The second-order valence-electron chi connectivity index (χ2n) is 3.10. The molecule has 0 saturated heterocycles. The van der Waals surface area contributed by atoms with Gasteiger partial charge in [0.05, 0.1) is 5.92 Å². The molecule has 0 amide bonds. The van der Waals surface area contributed by atoms with Crippen LogP contribution in [0.5, 0.6) is 0 Å². The van der Waals surface area contributed by atoms with Crippen molar-refractivity contribution in [2.24, 2.45) is 11.7 Å². The molecule has 0 aliphatic heterocycles. The fraction of sp³-hybridized carbons (Fsp3) is 0.300. The summed E-state index contributed by atoms with van der Waals surface area (Å²) in [5, 5.41) is 8.74. The zero-order chi connectivity index (χ0) is 10.6. The van der Waals surface area contributed by atoms with Gasteiger partial charge in [-0.3, -0.25) is 4.79 Å². The number of carboxylic acid groups (broad SMARTS) is 1. The Morgan fingerprint density at radius 1 is 1.43 bits per heavy atom. The zero-order valence-electron chi connectivity index (χ0n) is 7.61. The van der Waals surface area contributed by atoms with Gasteiger partial charge in [-0.15, -0.1) is 0 Å². The number of rotatable bonds is 4. The first-order valence-corrected chi connectivity index (χ1v) is 4.31. The van der Waals surface area contributed by atoms with Gasteiger partial charge < -0.3 is 10.8 Å². The molecule has 3 nitrogen and oxygen atoms in total. The fourth-order valence-corrected chi connectivity index (χ4v) is 1.18. The van der Waals surface area contributed by atoms with Crippen LogP contribution in [-0.2, 0) is 11.2 Å². The van der Waals surface area contributed by atoms with E-state index in [0.29, 0.717) is 6.42 Å². The molecule has 76 valence electrons. The summed E-state index contributed by atoms with van der Waals surface area (Å²) in [6.45, 7) is 0.0900. The Bertz CT molecular complexity index is 310. The van der Waals surface area contributed by atoms with Gasteiger partial charge in [0.1, 0.15) is 5.82 Å². The van der Waals surface area contributed by atoms with Gasteiger partial charge in [-0.05, 0) is 24.1 Å². The van der Waals surface area contributed by atoms with Gasteiger partial charge in [-0.25, -0.2) is 4.39 Å². The Hall–Kier alpha value is -1.42. The van der Waals surface area contributed by atoms with E-state index in [-0.39, 0.29) is 12.4 Å². The molecule has 14 heavy (non-hydrogen) atoms. The quantitative estimate of drug-likeness (QED) is 0.757. The van der Waals surface area contributed by atoms with Gasteiger partial charge in [0.25, 0.3) is 0 Å². The Kier molecular flexibility index (Phi) is 3.59. The van der Waals surface area contributed by atoms with Crippen LogP contribution in [0, 0.1) is 11.7 Å². The van der Waals surface area contributed by atoms with Gasteiger partial charge in [0.15, 0.2) is 0 Å². The van der Waals surface area contributed by atoms with E-state index in [1.54, 1.807) is 12.1 Å². The summed E-state index contributed by atoms with van der Waals surface area (Å²) in [6, 6.07) is 5.76. The highest BCUT2D eigenvalue weighted by atomic mass is 19.1. The third-order valence-corrected chi connectivity index (χ3v) is 2.03. The Labute approximate surface area is 81.4 Å². The SMILES string of the molecule is NCC(Cc1ccc(F)cc1)C(=O)O. The molecule has 0 radical (unpaired) electrons. The summed E-state index contributed by atoms with van der Waals surface area (Å²) >= 11 is 0. The third-order valence-electron chi connectivity index (χ3n) is 2.03. The monoisotopic (exact) mass is 197 g/mol. The fourth-order valence-electron chi connectivity index (χ4n) is 1.18. The Morgan fingerprint density at radius 2 is 2.00 bits per heavy atom. The molecule has 0 heterocycles. The minimum absolute atomic E-state index is 0.0900. The average molecular weight is 197 g/mol. The third kappa shape index (κ3) is 2.81. The summed E-state index contributed by atoms with van der Waals surface area (Å²) in [6.07, 6.45) is 0.339. The van der Waals surface area contributed by atoms with Gasteiger partial charge in [-0.1, -0.05) is 12.1 Å². The van der Waals surface area contributed by atoms with Crippen LogP contribution in [0.15, 0.2) is 24.3 Å². The number of benzene rings is 1. The molecule has 0 bridgehead atoms. The summed E-state index contributed by atoms with van der Waals surface area (Å²) < 4.78 is 12.5. The second-order valence-corrected chi connectivity index (χ2v) is 3.10. The number of aliphatic carboxylic acids is 1. The van der Waals surface area contributed by atoms with E-state index in [9.17, 15) is 9.18 Å². The molecule has 3 N–H and O–H groups in total. The van der Waals surface area contributed by atoms with E-state index in [1.807, 2.05) is 0 Å². The highest BCUT2D eigenvalue weighted by molar-refractivity contribution is 5.70. The van der Waals surface area contributed by atoms with Crippen LogP contribution < -0.4 is 5.73 Å². The van der Waals surface area contributed by atoms with Crippen LogP contribution in [0.4, 0.5) is 4.39 Å². The number of halogens is 1. The largest absolute Gasteiger partial charge is 0.481 e. The summed E-state index contributed by atoms with van der Waals surface area (Å²) in [4.78, 5) is 10.6. The maximum absolute atomic E-state index is 12.5. The van der Waals surface area contributed by atoms with Crippen molar-refractivity contribution in [3.8, 4) is 0 Å². The molecule has 0 aliphatic rings. The molecule has 0 aliphatic carbocycles. The minimum Gasteiger partial charge on any atom is -0.481 e. The van der Waals surface area contributed by atoms with Gasteiger partial charge >= 0.3 is 5.97 Å². The molecule has 0 aromatic heterocycles. The highest BCUT2D eigenvalue weighted by Gasteiger charge is 2.15. The normalized spacial score (nSPS) is 12.4. The molecule has 1 aromatic rings. The molecular weight excluding hydrogens is 185 g/mol. The van der Waals surface area contributed by atoms with Crippen LogP contribution in [0.3, 0.4) is 0 Å². The summed E-state index contributed by atoms with van der Waals surface area (Å²) in [7, 11) is 0. The van der Waals surface area contributed by atoms with Gasteiger partial charge in [-0.2, -0.15) is 0 Å². The van der Waals surface area contributed by atoms with Crippen LogP contribution >= 0.6 is 0 Å². The first kappa shape index (κ1) is 10.7. The van der Waals surface area contributed by atoms with E-state index >= 15 is 0 Å². The molecule has 0 spiro atoms. The maximum Gasteiger partial charge on any atom is 0.308 e. The molecule has 0 saturated carbocycles. The molecule has 1 unspecified atom stereocenters. The minimum atomic E-state index is -0.920. The van der Waals surface area contributed by atoms with E-state index in [0.717, 1.165) is 5.56 Å². The van der Waals surface area contributed by atoms with Crippen molar-refractivity contribution in [1.29, 1.82) is 0 Å². The predicted octanol–water partition coefficient (Wildman–Crippen LogP) is 1.03. The number of nitrogens with two attached hydrogens (primary N) is 1. The van der Waals surface area contributed by atoms with Crippen molar-refractivity contribution in [3.05, 3.63) is 35.6 Å². The van der Waals surface area contributed by atoms with Crippen molar-refractivity contribution >= 4 is 5.97 Å². The van der Waals surface area contributed by atoms with Crippen molar-refractivity contribution in [1.82, 2.24) is 0 Å². The topological polar surface area (TPSA) is 63.3 Å². The van der Waals surface area contributed by atoms with E-state index < -0.39 is 11.9 Å². The Morgan fingerprint density at radius 3 is 2.43 bits per heavy atom. The first-order chi connectivity index (χ1) is 6.63. The molecule has 4 heteroatoms. The first-order valence-electron chi connectivity index (χ1n) is 4.31. The molecular formula is C10H12FNO2. The highest BCUT2D eigenvalue weighted by Crippen LogP contribution is 2.09. The molecule has 1 rings (SSSR count).